The predicted molar refractivity (Wildman–Crippen MR) is 54.5 cm³/mol. The molecule has 0 aromatic carbocycles. The molecule has 0 radical (unpaired) electrons. The zero-order valence-electron chi connectivity index (χ0n) is 8.80. The van der Waals surface area contributed by atoms with Crippen LogP contribution in [0.3, 0.4) is 0 Å². The van der Waals surface area contributed by atoms with Crippen molar-refractivity contribution < 1.29 is 18.3 Å². The van der Waals surface area contributed by atoms with E-state index in [1.54, 1.807) is 6.92 Å². The van der Waals surface area contributed by atoms with Crippen molar-refractivity contribution in [2.75, 3.05) is 13.6 Å². The molecular weight excluding hydrogens is 220 g/mol. The Labute approximate surface area is 89.4 Å². The maximum absolute atomic E-state index is 11.6. The van der Waals surface area contributed by atoms with Crippen LogP contribution in [0.4, 0.5) is 0 Å². The van der Waals surface area contributed by atoms with Gasteiger partial charge < -0.3 is 5.11 Å². The van der Waals surface area contributed by atoms with Crippen LogP contribution in [-0.4, -0.2) is 43.4 Å². The zero-order chi connectivity index (χ0) is 11.6. The molecule has 0 aromatic rings. The van der Waals surface area contributed by atoms with Crippen LogP contribution in [0.5, 0.6) is 0 Å². The first-order valence-corrected chi connectivity index (χ1v) is 6.25. The topological polar surface area (TPSA) is 86.7 Å². The van der Waals surface area contributed by atoms with Gasteiger partial charge in [-0.3, -0.25) is 4.79 Å². The Hall–Kier alpha value is -0.660. The van der Waals surface area contributed by atoms with Gasteiger partial charge >= 0.3 is 5.97 Å². The summed E-state index contributed by atoms with van der Waals surface area (Å²) in [5.74, 6) is -1.53. The van der Waals surface area contributed by atoms with E-state index in [2.05, 4.69) is 4.72 Å². The number of carboxylic acids is 1. The summed E-state index contributed by atoms with van der Waals surface area (Å²) in [4.78, 5) is 10.8. The monoisotopic (exact) mass is 236 g/mol. The summed E-state index contributed by atoms with van der Waals surface area (Å²) in [5, 5.41) is 8.84. The summed E-state index contributed by atoms with van der Waals surface area (Å²) < 4.78 is 26.5. The van der Waals surface area contributed by atoms with Gasteiger partial charge in [-0.25, -0.2) is 4.72 Å². The van der Waals surface area contributed by atoms with Gasteiger partial charge in [-0.15, -0.1) is 0 Å². The van der Waals surface area contributed by atoms with Gasteiger partial charge in [0.05, 0.1) is 5.92 Å². The second-order valence-electron chi connectivity index (χ2n) is 3.74. The minimum atomic E-state index is -3.52. The molecule has 1 heterocycles. The van der Waals surface area contributed by atoms with E-state index in [0.29, 0.717) is 12.8 Å². The lowest BCUT2D eigenvalue weighted by molar-refractivity contribution is -0.143. The Morgan fingerprint density at radius 3 is 2.53 bits per heavy atom. The number of hydrogen-bond donors (Lipinski definition) is 2. The zero-order valence-corrected chi connectivity index (χ0v) is 9.62. The van der Waals surface area contributed by atoms with Crippen LogP contribution >= 0.6 is 0 Å². The van der Waals surface area contributed by atoms with Crippen molar-refractivity contribution >= 4 is 16.2 Å². The Morgan fingerprint density at radius 2 is 2.07 bits per heavy atom. The smallest absolute Gasteiger partial charge is 0.307 e. The van der Waals surface area contributed by atoms with Crippen LogP contribution in [0.15, 0.2) is 0 Å². The highest BCUT2D eigenvalue weighted by atomic mass is 32.2. The molecule has 1 aliphatic rings. The first kappa shape index (κ1) is 12.4. The molecule has 1 fully saturated rings. The van der Waals surface area contributed by atoms with Gasteiger partial charge in [0.15, 0.2) is 0 Å². The summed E-state index contributed by atoms with van der Waals surface area (Å²) >= 11 is 0. The molecule has 2 N–H and O–H groups in total. The number of hydrogen-bond acceptors (Lipinski definition) is 3. The van der Waals surface area contributed by atoms with Gasteiger partial charge in [0.1, 0.15) is 0 Å². The molecule has 6 nitrogen and oxygen atoms in total. The molecule has 2 atom stereocenters. The molecule has 1 rings (SSSR count). The fourth-order valence-corrected chi connectivity index (χ4v) is 2.92. The van der Waals surface area contributed by atoms with Crippen LogP contribution in [-0.2, 0) is 15.0 Å². The molecule has 88 valence electrons. The average Bonchev–Trinajstić information content (AvgIpc) is 2.17. The third-order valence-electron chi connectivity index (χ3n) is 2.74. The van der Waals surface area contributed by atoms with E-state index in [1.807, 2.05) is 0 Å². The van der Waals surface area contributed by atoms with Gasteiger partial charge in [0.25, 0.3) is 10.2 Å². The van der Waals surface area contributed by atoms with E-state index >= 15 is 0 Å². The van der Waals surface area contributed by atoms with Crippen LogP contribution in [0.1, 0.15) is 19.8 Å². The first-order valence-electron chi connectivity index (χ1n) is 4.81. The Balaban J connectivity index is 2.83. The summed E-state index contributed by atoms with van der Waals surface area (Å²) in [5.41, 5.74) is 0. The van der Waals surface area contributed by atoms with Crippen LogP contribution in [0, 0.1) is 5.92 Å². The van der Waals surface area contributed by atoms with Crippen molar-refractivity contribution in [3.8, 4) is 0 Å². The number of nitrogens with one attached hydrogen (secondary N) is 1. The van der Waals surface area contributed by atoms with Gasteiger partial charge in [0.2, 0.25) is 0 Å². The highest BCUT2D eigenvalue weighted by Crippen LogP contribution is 2.23. The van der Waals surface area contributed by atoms with Gasteiger partial charge in [-0.2, -0.15) is 12.7 Å². The number of piperidine rings is 1. The van der Waals surface area contributed by atoms with Gasteiger partial charge in [0, 0.05) is 19.6 Å². The minimum Gasteiger partial charge on any atom is -0.481 e. The quantitative estimate of drug-likeness (QED) is 0.700. The Kier molecular flexibility index (Phi) is 3.69. The van der Waals surface area contributed by atoms with Crippen molar-refractivity contribution in [3.63, 3.8) is 0 Å². The van der Waals surface area contributed by atoms with Crippen molar-refractivity contribution in [2.45, 2.75) is 25.8 Å². The minimum absolute atomic E-state index is 0.0552. The largest absolute Gasteiger partial charge is 0.481 e. The lowest BCUT2D eigenvalue weighted by atomic mass is 9.96. The Morgan fingerprint density at radius 1 is 1.47 bits per heavy atom. The first-order chi connectivity index (χ1) is 6.88. The third-order valence-corrected chi connectivity index (χ3v) is 4.38. The van der Waals surface area contributed by atoms with Crippen molar-refractivity contribution in [3.05, 3.63) is 0 Å². The van der Waals surface area contributed by atoms with E-state index < -0.39 is 22.1 Å². The lowest BCUT2D eigenvalue weighted by Crippen LogP contribution is -2.50. The van der Waals surface area contributed by atoms with Crippen LogP contribution in [0.2, 0.25) is 0 Å². The maximum Gasteiger partial charge on any atom is 0.307 e. The fraction of sp³-hybridized carbons (Fsp3) is 0.875. The molecule has 0 spiro atoms. The van der Waals surface area contributed by atoms with E-state index in [-0.39, 0.29) is 12.6 Å². The number of nitrogens with zero attached hydrogens (tertiary/aromatic N) is 1. The van der Waals surface area contributed by atoms with E-state index in [9.17, 15) is 13.2 Å². The molecule has 1 saturated heterocycles. The van der Waals surface area contributed by atoms with Crippen molar-refractivity contribution in [1.29, 1.82) is 0 Å². The number of aliphatic carboxylic acids is 1. The number of carboxylic acid groups (broad SMARTS) is 1. The molecular formula is C8H16N2O4S. The summed E-state index contributed by atoms with van der Waals surface area (Å²) in [6, 6.07) is -0.141. The lowest BCUT2D eigenvalue weighted by Gasteiger charge is -2.34. The molecule has 0 aliphatic carbocycles. The molecule has 0 aromatic heterocycles. The number of rotatable bonds is 3. The molecule has 0 amide bonds. The van der Waals surface area contributed by atoms with Crippen molar-refractivity contribution in [2.24, 2.45) is 5.92 Å². The predicted octanol–water partition coefficient (Wildman–Crippen LogP) is -0.364. The highest BCUT2D eigenvalue weighted by Gasteiger charge is 2.35. The maximum atomic E-state index is 11.6. The Bertz CT molecular complexity index is 341. The van der Waals surface area contributed by atoms with Crippen LogP contribution < -0.4 is 4.72 Å². The van der Waals surface area contributed by atoms with E-state index in [0.717, 1.165) is 0 Å². The molecule has 1 aliphatic heterocycles. The molecule has 7 heteroatoms. The van der Waals surface area contributed by atoms with Gasteiger partial charge in [-0.05, 0) is 19.8 Å². The second kappa shape index (κ2) is 4.46. The normalized spacial score (nSPS) is 28.9. The summed E-state index contributed by atoms with van der Waals surface area (Å²) in [6.07, 6.45) is 1.12. The highest BCUT2D eigenvalue weighted by molar-refractivity contribution is 7.87. The van der Waals surface area contributed by atoms with E-state index in [1.165, 1.54) is 11.4 Å². The van der Waals surface area contributed by atoms with Gasteiger partial charge in [-0.1, -0.05) is 0 Å². The second-order valence-corrected chi connectivity index (χ2v) is 5.57. The average molecular weight is 236 g/mol. The van der Waals surface area contributed by atoms with Crippen LogP contribution in [0.25, 0.3) is 0 Å². The summed E-state index contributed by atoms with van der Waals surface area (Å²) in [7, 11) is -2.19. The molecule has 2 unspecified atom stereocenters. The number of carbonyl (C=O) groups is 1. The molecule has 0 bridgehead atoms. The van der Waals surface area contributed by atoms with Crippen molar-refractivity contribution in [1.82, 2.24) is 9.03 Å². The molecule has 0 saturated carbocycles. The third kappa shape index (κ3) is 2.67. The fourth-order valence-electron chi connectivity index (χ4n) is 1.73. The van der Waals surface area contributed by atoms with E-state index in [4.69, 9.17) is 5.11 Å². The standard InChI is InChI=1S/C8H16N2O4S/c1-6-3-4-7(8(11)12)5-10(6)15(13,14)9-2/h6-7,9H,3-5H2,1-2H3,(H,11,12). The molecule has 15 heavy (non-hydrogen) atoms. The summed E-state index contributed by atoms with van der Waals surface area (Å²) in [6.45, 7) is 1.84. The SMILES string of the molecule is CNS(=O)(=O)N1CC(C(=O)O)CCC1C.